The van der Waals surface area contributed by atoms with Crippen LogP contribution in [0.25, 0.3) is 0 Å². The number of β-amino-alcohol motifs (C(OH)–C–C–N with tert-alkyl or cyclic N) is 1. The number of likely N-dealkylation sites (tertiary alicyclic amines) is 1. The fourth-order valence-corrected chi connectivity index (χ4v) is 5.03. The van der Waals surface area contributed by atoms with E-state index < -0.39 is 6.10 Å². The predicted molar refractivity (Wildman–Crippen MR) is 139 cm³/mol. The van der Waals surface area contributed by atoms with E-state index in [9.17, 15) is 14.7 Å². The molecule has 2 amide bonds. The number of carbonyl (C=O) groups is 2. The molecule has 1 atom stereocenters. The Morgan fingerprint density at radius 1 is 1.14 bits per heavy atom. The number of piperidine rings is 1. The first kappa shape index (κ1) is 26.0. The minimum absolute atomic E-state index is 0.122. The second kappa shape index (κ2) is 11.8. The van der Waals surface area contributed by atoms with Crippen molar-refractivity contribution in [1.82, 2.24) is 25.1 Å². The van der Waals surface area contributed by atoms with Crippen molar-refractivity contribution in [1.29, 1.82) is 0 Å². The molecule has 36 heavy (non-hydrogen) atoms. The van der Waals surface area contributed by atoms with Gasteiger partial charge in [-0.3, -0.25) is 14.5 Å². The number of benzene rings is 1. The van der Waals surface area contributed by atoms with Crippen molar-refractivity contribution >= 4 is 17.8 Å². The lowest BCUT2D eigenvalue weighted by molar-refractivity contribution is -0.130. The second-order valence-corrected chi connectivity index (χ2v) is 10.2. The minimum Gasteiger partial charge on any atom is -0.390 e. The number of hydrogen-bond donors (Lipinski definition) is 2. The Balaban J connectivity index is 1.32. The van der Waals surface area contributed by atoms with Gasteiger partial charge in [-0.25, -0.2) is 9.97 Å². The van der Waals surface area contributed by atoms with E-state index in [1.54, 1.807) is 17.9 Å². The molecule has 1 fully saturated rings. The molecule has 4 rings (SSSR count). The van der Waals surface area contributed by atoms with Gasteiger partial charge in [0.05, 0.1) is 6.10 Å². The molecule has 0 aliphatic carbocycles. The standard InChI is InChI=1S/C27H38N6O3/c1-19(34)33-12-8-20(9-13-33)14-23-15-25(30-27(29-23)31(2)3)26(36)28-16-24(35)18-32-11-10-21-6-4-5-7-22(21)17-32/h4-7,15,20,24,35H,8-14,16-18H2,1-3H3,(H,28,36)/t24-/m0/s1. The van der Waals surface area contributed by atoms with Crippen molar-refractivity contribution in [3.05, 3.63) is 52.8 Å². The average Bonchev–Trinajstić information content (AvgIpc) is 2.87. The van der Waals surface area contributed by atoms with Crippen LogP contribution >= 0.6 is 0 Å². The topological polar surface area (TPSA) is 102 Å². The molecular weight excluding hydrogens is 456 g/mol. The molecular formula is C27H38N6O3. The third-order valence-electron chi connectivity index (χ3n) is 7.13. The Bertz CT molecular complexity index is 1070. The Morgan fingerprint density at radius 3 is 2.56 bits per heavy atom. The third kappa shape index (κ3) is 6.79. The summed E-state index contributed by atoms with van der Waals surface area (Å²) in [7, 11) is 3.71. The minimum atomic E-state index is -0.666. The van der Waals surface area contributed by atoms with Gasteiger partial charge in [0.15, 0.2) is 0 Å². The van der Waals surface area contributed by atoms with E-state index in [1.165, 1.54) is 11.1 Å². The molecule has 0 bridgehead atoms. The summed E-state index contributed by atoms with van der Waals surface area (Å²) >= 11 is 0. The fourth-order valence-electron chi connectivity index (χ4n) is 5.03. The van der Waals surface area contributed by atoms with E-state index in [4.69, 9.17) is 0 Å². The molecule has 2 aromatic rings. The number of amides is 2. The fraction of sp³-hybridized carbons (Fsp3) is 0.556. The molecule has 3 heterocycles. The summed E-state index contributed by atoms with van der Waals surface area (Å²) in [6.07, 6.45) is 2.90. The number of nitrogens with zero attached hydrogens (tertiary/aromatic N) is 5. The first-order valence-electron chi connectivity index (χ1n) is 12.8. The lowest BCUT2D eigenvalue weighted by atomic mass is 9.92. The number of carbonyl (C=O) groups excluding carboxylic acids is 2. The Kier molecular flexibility index (Phi) is 8.53. The molecule has 2 aliphatic heterocycles. The normalized spacial score (nSPS) is 17.4. The van der Waals surface area contributed by atoms with Crippen LogP contribution in [-0.2, 0) is 24.2 Å². The van der Waals surface area contributed by atoms with Gasteiger partial charge in [0.25, 0.3) is 5.91 Å². The van der Waals surface area contributed by atoms with Crippen LogP contribution in [-0.4, -0.2) is 89.6 Å². The number of hydrogen-bond acceptors (Lipinski definition) is 7. The van der Waals surface area contributed by atoms with Crippen molar-refractivity contribution in [2.24, 2.45) is 5.92 Å². The van der Waals surface area contributed by atoms with Gasteiger partial charge in [0.1, 0.15) is 5.69 Å². The van der Waals surface area contributed by atoms with E-state index in [0.717, 1.165) is 57.6 Å². The Labute approximate surface area is 213 Å². The summed E-state index contributed by atoms with van der Waals surface area (Å²) in [4.78, 5) is 39.6. The van der Waals surface area contributed by atoms with E-state index in [1.807, 2.05) is 25.1 Å². The van der Waals surface area contributed by atoms with E-state index in [2.05, 4.69) is 38.4 Å². The predicted octanol–water partition coefficient (Wildman–Crippen LogP) is 1.49. The van der Waals surface area contributed by atoms with Gasteiger partial charge in [-0.2, -0.15) is 0 Å². The summed E-state index contributed by atoms with van der Waals surface area (Å²) < 4.78 is 0. The van der Waals surface area contributed by atoms with E-state index >= 15 is 0 Å². The average molecular weight is 495 g/mol. The monoisotopic (exact) mass is 494 g/mol. The second-order valence-electron chi connectivity index (χ2n) is 10.2. The van der Waals surface area contributed by atoms with Crippen molar-refractivity contribution < 1.29 is 14.7 Å². The van der Waals surface area contributed by atoms with Crippen LogP contribution in [0.15, 0.2) is 30.3 Å². The largest absolute Gasteiger partial charge is 0.390 e. The van der Waals surface area contributed by atoms with E-state index in [-0.39, 0.29) is 18.4 Å². The molecule has 2 aliphatic rings. The van der Waals surface area contributed by atoms with Crippen LogP contribution in [0.5, 0.6) is 0 Å². The third-order valence-corrected chi connectivity index (χ3v) is 7.13. The molecule has 0 radical (unpaired) electrons. The summed E-state index contributed by atoms with van der Waals surface area (Å²) in [6.45, 7) is 5.52. The molecule has 9 nitrogen and oxygen atoms in total. The molecule has 1 aromatic heterocycles. The zero-order valence-corrected chi connectivity index (χ0v) is 21.6. The van der Waals surface area contributed by atoms with Crippen LogP contribution in [0.4, 0.5) is 5.95 Å². The Hall–Kier alpha value is -3.04. The van der Waals surface area contributed by atoms with Gasteiger partial charge in [-0.15, -0.1) is 0 Å². The van der Waals surface area contributed by atoms with Crippen LogP contribution in [0.3, 0.4) is 0 Å². The van der Waals surface area contributed by atoms with Gasteiger partial charge in [0, 0.05) is 66.0 Å². The highest BCUT2D eigenvalue weighted by molar-refractivity contribution is 5.92. The molecule has 1 saturated heterocycles. The SMILES string of the molecule is CC(=O)N1CCC(Cc2cc(C(=O)NC[C@H](O)CN3CCc4ccccc4C3)nc(N(C)C)n2)CC1. The number of aromatic nitrogens is 2. The zero-order valence-electron chi connectivity index (χ0n) is 21.6. The van der Waals surface area contributed by atoms with Gasteiger partial charge in [0.2, 0.25) is 11.9 Å². The number of anilines is 1. The molecule has 9 heteroatoms. The van der Waals surface area contributed by atoms with Gasteiger partial charge in [-0.05, 0) is 48.8 Å². The molecule has 2 N–H and O–H groups in total. The molecule has 194 valence electrons. The smallest absolute Gasteiger partial charge is 0.270 e. The Morgan fingerprint density at radius 2 is 1.86 bits per heavy atom. The molecule has 0 spiro atoms. The first-order chi connectivity index (χ1) is 17.3. The van der Waals surface area contributed by atoms with Crippen molar-refractivity contribution in [2.75, 3.05) is 51.7 Å². The summed E-state index contributed by atoms with van der Waals surface area (Å²) in [5.41, 5.74) is 3.81. The van der Waals surface area contributed by atoms with Crippen LogP contribution in [0, 0.1) is 5.92 Å². The highest BCUT2D eigenvalue weighted by Crippen LogP contribution is 2.22. The zero-order chi connectivity index (χ0) is 25.7. The summed E-state index contributed by atoms with van der Waals surface area (Å²) in [6, 6.07) is 10.2. The summed E-state index contributed by atoms with van der Waals surface area (Å²) in [5.74, 6) is 0.720. The highest BCUT2D eigenvalue weighted by atomic mass is 16.3. The van der Waals surface area contributed by atoms with Crippen LogP contribution in [0.1, 0.15) is 47.1 Å². The van der Waals surface area contributed by atoms with E-state index in [0.29, 0.717) is 24.1 Å². The van der Waals surface area contributed by atoms with Crippen molar-refractivity contribution in [3.8, 4) is 0 Å². The highest BCUT2D eigenvalue weighted by Gasteiger charge is 2.23. The maximum absolute atomic E-state index is 13.0. The van der Waals surface area contributed by atoms with Crippen LogP contribution in [0.2, 0.25) is 0 Å². The van der Waals surface area contributed by atoms with Gasteiger partial charge < -0.3 is 20.2 Å². The maximum atomic E-state index is 13.0. The van der Waals surface area contributed by atoms with Gasteiger partial charge >= 0.3 is 0 Å². The number of aliphatic hydroxyl groups excluding tert-OH is 1. The van der Waals surface area contributed by atoms with Crippen LogP contribution < -0.4 is 10.2 Å². The number of nitrogens with one attached hydrogen (secondary N) is 1. The number of fused-ring (bicyclic) bond motifs is 1. The maximum Gasteiger partial charge on any atom is 0.270 e. The lowest BCUT2D eigenvalue weighted by Crippen LogP contribution is -2.42. The van der Waals surface area contributed by atoms with Crippen molar-refractivity contribution in [2.45, 2.75) is 45.3 Å². The number of rotatable bonds is 8. The molecule has 0 unspecified atom stereocenters. The quantitative estimate of drug-likeness (QED) is 0.573. The molecule has 0 saturated carbocycles. The lowest BCUT2D eigenvalue weighted by Gasteiger charge is -2.31. The van der Waals surface area contributed by atoms with Gasteiger partial charge in [-0.1, -0.05) is 24.3 Å². The van der Waals surface area contributed by atoms with Crippen molar-refractivity contribution in [3.63, 3.8) is 0 Å². The summed E-state index contributed by atoms with van der Waals surface area (Å²) in [5, 5.41) is 13.4. The molecule has 1 aromatic carbocycles. The number of aliphatic hydroxyl groups is 1. The first-order valence-corrected chi connectivity index (χ1v) is 12.8.